The highest BCUT2D eigenvalue weighted by atomic mass is 16.6. The van der Waals surface area contributed by atoms with Gasteiger partial charge in [-0.1, -0.05) is 0 Å². The van der Waals surface area contributed by atoms with E-state index in [-0.39, 0.29) is 5.69 Å². The first kappa shape index (κ1) is 13.8. The molecule has 1 aromatic carbocycles. The zero-order valence-electron chi connectivity index (χ0n) is 11.3. The number of non-ortho nitro benzene ring substituents is 1. The first-order valence-electron chi connectivity index (χ1n) is 6.07. The molecule has 0 aliphatic carbocycles. The first-order valence-corrected chi connectivity index (χ1v) is 6.07. The average molecular weight is 273 g/mol. The van der Waals surface area contributed by atoms with Gasteiger partial charge in [-0.2, -0.15) is 0 Å². The zero-order valence-corrected chi connectivity index (χ0v) is 11.3. The number of anilines is 1. The molecular weight excluding hydrogens is 258 g/mol. The molecule has 2 aromatic rings. The molecule has 0 aliphatic rings. The lowest BCUT2D eigenvalue weighted by molar-refractivity contribution is -0.384. The summed E-state index contributed by atoms with van der Waals surface area (Å²) < 4.78 is 5.05. The topological polar surface area (TPSA) is 77.3 Å². The maximum Gasteiger partial charge on any atom is 0.271 e. The third-order valence-electron chi connectivity index (χ3n) is 2.78. The molecular formula is C14H15N3O3. The fraction of sp³-hybridized carbons (Fsp3) is 0.214. The number of rotatable bonds is 5. The van der Waals surface area contributed by atoms with Gasteiger partial charge >= 0.3 is 0 Å². The summed E-state index contributed by atoms with van der Waals surface area (Å²) in [5.74, 6) is 0.541. The minimum atomic E-state index is -0.395. The van der Waals surface area contributed by atoms with E-state index < -0.39 is 4.92 Å². The fourth-order valence-corrected chi connectivity index (χ4v) is 1.85. The number of aryl methyl sites for hydroxylation is 1. The van der Waals surface area contributed by atoms with Gasteiger partial charge in [-0.15, -0.1) is 0 Å². The molecule has 0 spiro atoms. The number of aromatic nitrogens is 1. The van der Waals surface area contributed by atoms with E-state index in [0.717, 1.165) is 11.1 Å². The molecule has 0 atom stereocenters. The molecule has 6 heteroatoms. The molecule has 0 radical (unpaired) electrons. The first-order chi connectivity index (χ1) is 9.58. The average Bonchev–Trinajstić information content (AvgIpc) is 2.44. The summed E-state index contributed by atoms with van der Waals surface area (Å²) in [4.78, 5) is 14.4. The standard InChI is InChI=1S/C14H15N3O3/c1-10-5-12(8-13(6-10)17(18)19)16-9-11-3-4-15-14(7-11)20-2/h3-8,16H,9H2,1-2H3. The van der Waals surface area contributed by atoms with Gasteiger partial charge < -0.3 is 10.1 Å². The molecule has 1 heterocycles. The van der Waals surface area contributed by atoms with Crippen molar-refractivity contribution in [1.82, 2.24) is 4.98 Å². The Morgan fingerprint density at radius 2 is 2.15 bits per heavy atom. The SMILES string of the molecule is COc1cc(CNc2cc(C)cc([N+](=O)[O-])c2)ccn1. The number of benzene rings is 1. The van der Waals surface area contributed by atoms with Gasteiger partial charge in [-0.25, -0.2) is 4.98 Å². The largest absolute Gasteiger partial charge is 0.481 e. The van der Waals surface area contributed by atoms with Crippen molar-refractivity contribution in [3.05, 3.63) is 57.8 Å². The van der Waals surface area contributed by atoms with Crippen molar-refractivity contribution in [2.75, 3.05) is 12.4 Å². The number of nitro groups is 1. The van der Waals surface area contributed by atoms with Crippen molar-refractivity contribution in [2.45, 2.75) is 13.5 Å². The van der Waals surface area contributed by atoms with E-state index >= 15 is 0 Å². The summed E-state index contributed by atoms with van der Waals surface area (Å²) in [6.45, 7) is 2.37. The second-order valence-electron chi connectivity index (χ2n) is 4.37. The summed E-state index contributed by atoms with van der Waals surface area (Å²) >= 11 is 0. The quantitative estimate of drug-likeness (QED) is 0.669. The molecule has 0 fully saturated rings. The van der Waals surface area contributed by atoms with Crippen LogP contribution in [0.2, 0.25) is 0 Å². The van der Waals surface area contributed by atoms with Gasteiger partial charge in [0.25, 0.3) is 5.69 Å². The van der Waals surface area contributed by atoms with E-state index in [1.165, 1.54) is 6.07 Å². The molecule has 0 amide bonds. The lowest BCUT2D eigenvalue weighted by Crippen LogP contribution is -2.01. The van der Waals surface area contributed by atoms with Crippen LogP contribution in [-0.2, 0) is 6.54 Å². The Hall–Kier alpha value is -2.63. The lowest BCUT2D eigenvalue weighted by Gasteiger charge is -2.08. The molecule has 0 aliphatic heterocycles. The number of nitrogens with zero attached hydrogens (tertiary/aromatic N) is 2. The summed E-state index contributed by atoms with van der Waals surface area (Å²) in [5, 5.41) is 14.0. The Bertz CT molecular complexity index is 629. The van der Waals surface area contributed by atoms with Crippen molar-refractivity contribution >= 4 is 11.4 Å². The predicted octanol–water partition coefficient (Wildman–Crippen LogP) is 2.92. The van der Waals surface area contributed by atoms with Gasteiger partial charge in [0.2, 0.25) is 5.88 Å². The monoisotopic (exact) mass is 273 g/mol. The van der Waals surface area contributed by atoms with Gasteiger partial charge in [0.15, 0.2) is 0 Å². The van der Waals surface area contributed by atoms with Crippen LogP contribution < -0.4 is 10.1 Å². The second-order valence-corrected chi connectivity index (χ2v) is 4.37. The fourth-order valence-electron chi connectivity index (χ4n) is 1.85. The maximum absolute atomic E-state index is 10.8. The number of methoxy groups -OCH3 is 1. The number of hydrogen-bond donors (Lipinski definition) is 1. The van der Waals surface area contributed by atoms with Gasteiger partial charge in [0.1, 0.15) is 0 Å². The minimum absolute atomic E-state index is 0.0832. The molecule has 1 N–H and O–H groups in total. The molecule has 20 heavy (non-hydrogen) atoms. The Morgan fingerprint density at radius 1 is 1.35 bits per heavy atom. The van der Waals surface area contributed by atoms with Gasteiger partial charge in [-0.05, 0) is 30.2 Å². The maximum atomic E-state index is 10.8. The van der Waals surface area contributed by atoms with Crippen LogP contribution in [0.25, 0.3) is 0 Å². The minimum Gasteiger partial charge on any atom is -0.481 e. The molecule has 0 saturated heterocycles. The highest BCUT2D eigenvalue weighted by molar-refractivity contribution is 5.54. The smallest absolute Gasteiger partial charge is 0.271 e. The van der Waals surface area contributed by atoms with Gasteiger partial charge in [0.05, 0.1) is 12.0 Å². The van der Waals surface area contributed by atoms with E-state index in [1.807, 2.05) is 25.1 Å². The van der Waals surface area contributed by atoms with Crippen LogP contribution in [0, 0.1) is 17.0 Å². The number of nitro benzene ring substituents is 1. The second kappa shape index (κ2) is 6.01. The third kappa shape index (κ3) is 3.44. The molecule has 1 aromatic heterocycles. The zero-order chi connectivity index (χ0) is 14.5. The Kier molecular flexibility index (Phi) is 4.14. The number of hydrogen-bond acceptors (Lipinski definition) is 5. The number of ether oxygens (including phenoxy) is 1. The van der Waals surface area contributed by atoms with Crippen LogP contribution in [0.5, 0.6) is 5.88 Å². The van der Waals surface area contributed by atoms with E-state index in [0.29, 0.717) is 18.1 Å². The van der Waals surface area contributed by atoms with Crippen LogP contribution >= 0.6 is 0 Å². The molecule has 0 bridgehead atoms. The normalized spacial score (nSPS) is 10.1. The summed E-state index contributed by atoms with van der Waals surface area (Å²) in [6, 6.07) is 8.61. The van der Waals surface area contributed by atoms with Crippen molar-refractivity contribution in [2.24, 2.45) is 0 Å². The molecule has 104 valence electrons. The summed E-state index contributed by atoms with van der Waals surface area (Å²) in [7, 11) is 1.56. The van der Waals surface area contributed by atoms with Gasteiger partial charge in [-0.3, -0.25) is 10.1 Å². The van der Waals surface area contributed by atoms with Crippen LogP contribution in [0.3, 0.4) is 0 Å². The Balaban J connectivity index is 2.12. The molecule has 2 rings (SSSR count). The van der Waals surface area contributed by atoms with Gasteiger partial charge in [0, 0.05) is 36.6 Å². The number of nitrogens with one attached hydrogen (secondary N) is 1. The third-order valence-corrected chi connectivity index (χ3v) is 2.78. The highest BCUT2D eigenvalue weighted by Crippen LogP contribution is 2.21. The van der Waals surface area contributed by atoms with Crippen molar-refractivity contribution in [1.29, 1.82) is 0 Å². The van der Waals surface area contributed by atoms with E-state index in [9.17, 15) is 10.1 Å². The van der Waals surface area contributed by atoms with Crippen molar-refractivity contribution in [3.8, 4) is 5.88 Å². The van der Waals surface area contributed by atoms with Crippen molar-refractivity contribution in [3.63, 3.8) is 0 Å². The summed E-state index contributed by atoms with van der Waals surface area (Å²) in [6.07, 6.45) is 1.66. The molecule has 0 saturated carbocycles. The van der Waals surface area contributed by atoms with Crippen LogP contribution in [0.4, 0.5) is 11.4 Å². The van der Waals surface area contributed by atoms with Crippen LogP contribution in [0.15, 0.2) is 36.5 Å². The van der Waals surface area contributed by atoms with Crippen molar-refractivity contribution < 1.29 is 9.66 Å². The summed E-state index contributed by atoms with van der Waals surface area (Å²) in [5.41, 5.74) is 2.63. The van der Waals surface area contributed by atoms with E-state index in [4.69, 9.17) is 4.74 Å². The Labute approximate surface area is 116 Å². The van der Waals surface area contributed by atoms with E-state index in [1.54, 1.807) is 19.4 Å². The van der Waals surface area contributed by atoms with Crippen LogP contribution in [-0.4, -0.2) is 17.0 Å². The molecule has 0 unspecified atom stereocenters. The van der Waals surface area contributed by atoms with Crippen LogP contribution in [0.1, 0.15) is 11.1 Å². The molecule has 6 nitrogen and oxygen atoms in total. The Morgan fingerprint density at radius 3 is 2.85 bits per heavy atom. The highest BCUT2D eigenvalue weighted by Gasteiger charge is 2.08. The lowest BCUT2D eigenvalue weighted by atomic mass is 10.2. The number of pyridine rings is 1. The van der Waals surface area contributed by atoms with E-state index in [2.05, 4.69) is 10.3 Å². The predicted molar refractivity (Wildman–Crippen MR) is 75.9 cm³/mol.